The van der Waals surface area contributed by atoms with Gasteiger partial charge < -0.3 is 10.2 Å². The van der Waals surface area contributed by atoms with Crippen LogP contribution >= 0.6 is 11.6 Å². The second kappa shape index (κ2) is 6.84. The summed E-state index contributed by atoms with van der Waals surface area (Å²) in [5.41, 5.74) is 2.99. The van der Waals surface area contributed by atoms with E-state index < -0.39 is 17.8 Å². The van der Waals surface area contributed by atoms with E-state index in [1.807, 2.05) is 32.0 Å². The van der Waals surface area contributed by atoms with Gasteiger partial charge in [0.05, 0.1) is 10.6 Å². The maximum Gasteiger partial charge on any atom is 0.253 e. The van der Waals surface area contributed by atoms with Gasteiger partial charge in [-0.1, -0.05) is 17.7 Å². The molecule has 0 saturated carbocycles. The van der Waals surface area contributed by atoms with Crippen LogP contribution in [0.3, 0.4) is 0 Å². The Hall–Kier alpha value is -2.40. The maximum absolute atomic E-state index is 13.3. The lowest BCUT2D eigenvalue weighted by molar-refractivity contribution is -0.118. The lowest BCUT2D eigenvalue weighted by Crippen LogP contribution is -2.41. The molecule has 1 aliphatic heterocycles. The summed E-state index contributed by atoms with van der Waals surface area (Å²) in [6, 6.07) is 8.85. The molecule has 0 spiro atoms. The Morgan fingerprint density at radius 2 is 1.88 bits per heavy atom. The fraction of sp³-hybridized carbons (Fsp3) is 0.263. The molecule has 2 aromatic rings. The molecule has 25 heavy (non-hydrogen) atoms. The Morgan fingerprint density at radius 1 is 1.20 bits per heavy atom. The van der Waals surface area contributed by atoms with Crippen LogP contribution in [-0.4, -0.2) is 24.4 Å². The lowest BCUT2D eigenvalue weighted by Gasteiger charge is -2.18. The number of rotatable bonds is 3. The van der Waals surface area contributed by atoms with E-state index >= 15 is 0 Å². The zero-order chi connectivity index (χ0) is 18.1. The second-order valence-corrected chi connectivity index (χ2v) is 6.68. The first-order valence-electron chi connectivity index (χ1n) is 8.01. The molecule has 3 rings (SSSR count). The van der Waals surface area contributed by atoms with Crippen LogP contribution in [0.5, 0.6) is 0 Å². The third kappa shape index (κ3) is 3.66. The van der Waals surface area contributed by atoms with Crippen molar-refractivity contribution in [1.82, 2.24) is 5.32 Å². The zero-order valence-corrected chi connectivity index (χ0v) is 14.7. The summed E-state index contributed by atoms with van der Waals surface area (Å²) in [5.74, 6) is -1.28. The van der Waals surface area contributed by atoms with Gasteiger partial charge in [-0.3, -0.25) is 9.59 Å². The van der Waals surface area contributed by atoms with E-state index in [4.69, 9.17) is 11.6 Å². The molecule has 4 nitrogen and oxygen atoms in total. The van der Waals surface area contributed by atoms with Gasteiger partial charge >= 0.3 is 0 Å². The van der Waals surface area contributed by atoms with E-state index in [0.717, 1.165) is 22.9 Å². The molecular weight excluding hydrogens is 343 g/mol. The number of halogens is 2. The van der Waals surface area contributed by atoms with E-state index in [9.17, 15) is 14.0 Å². The Labute approximate surface area is 150 Å². The highest BCUT2D eigenvalue weighted by Crippen LogP contribution is 2.25. The predicted octanol–water partition coefficient (Wildman–Crippen LogP) is 3.63. The van der Waals surface area contributed by atoms with Crippen LogP contribution in [0.1, 0.15) is 27.9 Å². The number of carbonyl (C=O) groups is 2. The van der Waals surface area contributed by atoms with Gasteiger partial charge in [-0.05, 0) is 61.7 Å². The fourth-order valence-corrected chi connectivity index (χ4v) is 3.29. The Bertz CT molecular complexity index is 833. The lowest BCUT2D eigenvalue weighted by atomic mass is 10.1. The van der Waals surface area contributed by atoms with Gasteiger partial charge in [0.15, 0.2) is 0 Å². The van der Waals surface area contributed by atoms with Crippen LogP contribution in [0.25, 0.3) is 0 Å². The normalized spacial score (nSPS) is 17.0. The summed E-state index contributed by atoms with van der Waals surface area (Å²) in [7, 11) is 0. The van der Waals surface area contributed by atoms with Gasteiger partial charge in [0, 0.05) is 12.2 Å². The van der Waals surface area contributed by atoms with Gasteiger partial charge in [-0.25, -0.2) is 4.39 Å². The molecule has 2 amide bonds. The molecule has 2 aromatic carbocycles. The fourth-order valence-electron chi connectivity index (χ4n) is 3.08. The third-order valence-electron chi connectivity index (χ3n) is 4.20. The van der Waals surface area contributed by atoms with Crippen LogP contribution in [0.2, 0.25) is 5.02 Å². The molecule has 0 radical (unpaired) electrons. The molecule has 0 aliphatic carbocycles. The summed E-state index contributed by atoms with van der Waals surface area (Å²) < 4.78 is 13.3. The first-order valence-corrected chi connectivity index (χ1v) is 8.38. The number of amides is 2. The van der Waals surface area contributed by atoms with Crippen molar-refractivity contribution in [3.63, 3.8) is 0 Å². The summed E-state index contributed by atoms with van der Waals surface area (Å²) >= 11 is 5.95. The Balaban J connectivity index is 1.76. The monoisotopic (exact) mass is 360 g/mol. The number of benzene rings is 2. The molecule has 1 heterocycles. The first kappa shape index (κ1) is 17.4. The molecule has 1 atom stereocenters. The van der Waals surface area contributed by atoms with Crippen molar-refractivity contribution < 1.29 is 14.0 Å². The molecule has 6 heteroatoms. The minimum Gasteiger partial charge on any atom is -0.340 e. The summed E-state index contributed by atoms with van der Waals surface area (Å²) in [6.07, 6.45) is 0.491. The van der Waals surface area contributed by atoms with Crippen LogP contribution < -0.4 is 10.2 Å². The quantitative estimate of drug-likeness (QED) is 0.908. The van der Waals surface area contributed by atoms with E-state index in [2.05, 4.69) is 5.32 Å². The van der Waals surface area contributed by atoms with Gasteiger partial charge in [0.2, 0.25) is 5.91 Å². The molecule has 0 aromatic heterocycles. The average molecular weight is 361 g/mol. The highest BCUT2D eigenvalue weighted by atomic mass is 35.5. The van der Waals surface area contributed by atoms with Gasteiger partial charge in [-0.15, -0.1) is 0 Å². The highest BCUT2D eigenvalue weighted by molar-refractivity contribution is 6.33. The molecule has 1 aliphatic rings. The van der Waals surface area contributed by atoms with Gasteiger partial charge in [0.1, 0.15) is 11.9 Å². The predicted molar refractivity (Wildman–Crippen MR) is 95.6 cm³/mol. The SMILES string of the molecule is Cc1cc(C)cc(N2CC[C@H](NC(=O)c3cc(F)ccc3Cl)C2=O)c1. The van der Waals surface area contributed by atoms with Crippen molar-refractivity contribution in [3.05, 3.63) is 63.9 Å². The number of aryl methyl sites for hydroxylation is 2. The van der Waals surface area contributed by atoms with Crippen molar-refractivity contribution in [3.8, 4) is 0 Å². The van der Waals surface area contributed by atoms with Crippen molar-refractivity contribution in [1.29, 1.82) is 0 Å². The van der Waals surface area contributed by atoms with E-state index in [1.165, 1.54) is 12.1 Å². The summed E-state index contributed by atoms with van der Waals surface area (Å²) in [6.45, 7) is 4.47. The smallest absolute Gasteiger partial charge is 0.253 e. The second-order valence-electron chi connectivity index (χ2n) is 6.27. The zero-order valence-electron chi connectivity index (χ0n) is 14.0. The number of nitrogens with zero attached hydrogens (tertiary/aromatic N) is 1. The van der Waals surface area contributed by atoms with Crippen molar-refractivity contribution in [2.45, 2.75) is 26.3 Å². The topological polar surface area (TPSA) is 49.4 Å². The molecule has 1 N–H and O–H groups in total. The van der Waals surface area contributed by atoms with Crippen molar-refractivity contribution >= 4 is 29.1 Å². The maximum atomic E-state index is 13.3. The van der Waals surface area contributed by atoms with Crippen molar-refractivity contribution in [2.24, 2.45) is 0 Å². The number of hydrogen-bond acceptors (Lipinski definition) is 2. The van der Waals surface area contributed by atoms with E-state index in [0.29, 0.717) is 13.0 Å². The minimum atomic E-state index is -0.646. The highest BCUT2D eigenvalue weighted by Gasteiger charge is 2.34. The summed E-state index contributed by atoms with van der Waals surface area (Å²) in [4.78, 5) is 26.7. The third-order valence-corrected chi connectivity index (χ3v) is 4.53. The number of anilines is 1. The standard InChI is InChI=1S/C19H18ClFN2O2/c1-11-7-12(2)9-14(8-11)23-6-5-17(19(23)25)22-18(24)15-10-13(21)3-4-16(15)20/h3-4,7-10,17H,5-6H2,1-2H3,(H,22,24)/t17-/m0/s1. The van der Waals surface area contributed by atoms with Gasteiger partial charge in [0.25, 0.3) is 5.91 Å². The number of carbonyl (C=O) groups excluding carboxylic acids is 2. The number of nitrogens with one attached hydrogen (secondary N) is 1. The van der Waals surface area contributed by atoms with Crippen molar-refractivity contribution in [2.75, 3.05) is 11.4 Å². The van der Waals surface area contributed by atoms with E-state index in [1.54, 1.807) is 4.90 Å². The Morgan fingerprint density at radius 3 is 2.56 bits per heavy atom. The van der Waals surface area contributed by atoms with E-state index in [-0.39, 0.29) is 16.5 Å². The number of hydrogen-bond donors (Lipinski definition) is 1. The molecule has 1 saturated heterocycles. The Kier molecular flexibility index (Phi) is 4.77. The molecular formula is C19H18ClFN2O2. The molecule has 0 bridgehead atoms. The average Bonchev–Trinajstić information content (AvgIpc) is 2.89. The van der Waals surface area contributed by atoms with Crippen LogP contribution in [0.4, 0.5) is 10.1 Å². The largest absolute Gasteiger partial charge is 0.340 e. The minimum absolute atomic E-state index is 0.0271. The van der Waals surface area contributed by atoms with Gasteiger partial charge in [-0.2, -0.15) is 0 Å². The first-order chi connectivity index (χ1) is 11.8. The molecule has 130 valence electrons. The van der Waals surface area contributed by atoms with Crippen LogP contribution in [-0.2, 0) is 4.79 Å². The van der Waals surface area contributed by atoms with Crippen LogP contribution in [0.15, 0.2) is 36.4 Å². The molecule has 0 unspecified atom stereocenters. The molecule has 1 fully saturated rings. The summed E-state index contributed by atoms with van der Waals surface area (Å²) in [5, 5.41) is 2.81. The van der Waals surface area contributed by atoms with Crippen LogP contribution in [0, 0.1) is 19.7 Å².